The summed E-state index contributed by atoms with van der Waals surface area (Å²) in [5, 5.41) is 0. The first-order valence-corrected chi connectivity index (χ1v) is 7.22. The number of rotatable bonds is 5. The van der Waals surface area contributed by atoms with Crippen molar-refractivity contribution in [1.82, 2.24) is 15.8 Å². The predicted molar refractivity (Wildman–Crippen MR) is 81.5 cm³/mol. The minimum Gasteiger partial charge on any atom is -0.468 e. The Hall–Kier alpha value is -3.17. The smallest absolute Gasteiger partial charge is 0.422 e. The lowest BCUT2D eigenvalue weighted by Gasteiger charge is -2.09. The fraction of sp³-hybridized carbons (Fsp3) is 0.188. The number of nitrogens with zero attached hydrogens (tertiary/aromatic N) is 1. The lowest BCUT2D eigenvalue weighted by Crippen LogP contribution is -2.42. The summed E-state index contributed by atoms with van der Waals surface area (Å²) < 4.78 is 53.3. The molecule has 0 bridgehead atoms. The molecule has 0 fully saturated rings. The molecular formula is C16H13F4N3O3. The van der Waals surface area contributed by atoms with E-state index >= 15 is 0 Å². The maximum atomic E-state index is 12.8. The van der Waals surface area contributed by atoms with Gasteiger partial charge >= 0.3 is 6.18 Å². The van der Waals surface area contributed by atoms with E-state index in [0.717, 1.165) is 12.3 Å². The Kier molecular flexibility index (Phi) is 6.10. The summed E-state index contributed by atoms with van der Waals surface area (Å²) in [5.74, 6) is -1.98. The summed E-state index contributed by atoms with van der Waals surface area (Å²) in [6.07, 6.45) is -3.57. The Morgan fingerprint density at radius 3 is 2.31 bits per heavy atom. The van der Waals surface area contributed by atoms with Crippen molar-refractivity contribution in [2.45, 2.75) is 12.6 Å². The number of benzene rings is 1. The van der Waals surface area contributed by atoms with Gasteiger partial charge in [0.15, 0.2) is 6.61 Å². The zero-order valence-corrected chi connectivity index (χ0v) is 13.1. The maximum absolute atomic E-state index is 12.8. The van der Waals surface area contributed by atoms with Gasteiger partial charge < -0.3 is 4.74 Å². The number of amides is 2. The normalized spacial score (nSPS) is 10.9. The van der Waals surface area contributed by atoms with Gasteiger partial charge in [-0.2, -0.15) is 13.2 Å². The first-order chi connectivity index (χ1) is 12.2. The van der Waals surface area contributed by atoms with E-state index < -0.39 is 30.4 Å². The molecule has 2 rings (SSSR count). The Labute approximate surface area is 145 Å². The van der Waals surface area contributed by atoms with Gasteiger partial charge in [-0.25, -0.2) is 9.37 Å². The number of aromatic nitrogens is 1. The summed E-state index contributed by atoms with van der Waals surface area (Å²) in [7, 11) is 0. The Bertz CT molecular complexity index is 762. The summed E-state index contributed by atoms with van der Waals surface area (Å²) >= 11 is 0. The van der Waals surface area contributed by atoms with Crippen LogP contribution in [0.25, 0.3) is 0 Å². The van der Waals surface area contributed by atoms with Crippen molar-refractivity contribution in [1.29, 1.82) is 0 Å². The van der Waals surface area contributed by atoms with Crippen LogP contribution in [0.1, 0.15) is 15.9 Å². The van der Waals surface area contributed by atoms with Gasteiger partial charge in [0.2, 0.25) is 11.8 Å². The molecule has 2 N–H and O–H groups in total. The molecule has 2 amide bonds. The van der Waals surface area contributed by atoms with Crippen LogP contribution >= 0.6 is 0 Å². The number of nitrogens with one attached hydrogen (secondary N) is 2. The molecule has 0 saturated heterocycles. The first-order valence-electron chi connectivity index (χ1n) is 7.22. The minimum absolute atomic E-state index is 0.00596. The molecule has 138 valence electrons. The van der Waals surface area contributed by atoms with Crippen molar-refractivity contribution in [2.75, 3.05) is 6.61 Å². The molecule has 1 aromatic carbocycles. The van der Waals surface area contributed by atoms with Crippen molar-refractivity contribution in [3.05, 3.63) is 59.5 Å². The van der Waals surface area contributed by atoms with E-state index in [1.54, 1.807) is 0 Å². The fourth-order valence-electron chi connectivity index (χ4n) is 1.79. The van der Waals surface area contributed by atoms with Gasteiger partial charge in [0, 0.05) is 12.3 Å². The van der Waals surface area contributed by atoms with Gasteiger partial charge in [0.05, 0.1) is 12.0 Å². The second-order valence-corrected chi connectivity index (χ2v) is 5.09. The van der Waals surface area contributed by atoms with Crippen LogP contribution in [0, 0.1) is 5.82 Å². The van der Waals surface area contributed by atoms with E-state index in [1.807, 2.05) is 0 Å². The van der Waals surface area contributed by atoms with Gasteiger partial charge in [-0.3, -0.25) is 20.4 Å². The largest absolute Gasteiger partial charge is 0.468 e. The van der Waals surface area contributed by atoms with Crippen LogP contribution < -0.4 is 15.6 Å². The highest BCUT2D eigenvalue weighted by atomic mass is 19.4. The first kappa shape index (κ1) is 19.2. The SMILES string of the molecule is O=C(Cc1ccc(F)cc1)NNC(=O)c1ccc(OCC(F)(F)F)nc1. The number of hydrogen-bond donors (Lipinski definition) is 2. The van der Waals surface area contributed by atoms with E-state index in [1.165, 1.54) is 30.3 Å². The summed E-state index contributed by atoms with van der Waals surface area (Å²) in [5.41, 5.74) is 4.85. The van der Waals surface area contributed by atoms with Crippen LogP contribution in [0.3, 0.4) is 0 Å². The Balaban J connectivity index is 1.81. The molecule has 0 radical (unpaired) electrons. The second kappa shape index (κ2) is 8.28. The van der Waals surface area contributed by atoms with Crippen LogP contribution in [-0.4, -0.2) is 29.6 Å². The lowest BCUT2D eigenvalue weighted by molar-refractivity contribution is -0.154. The number of pyridine rings is 1. The average molecular weight is 371 g/mol. The molecule has 2 aromatic rings. The van der Waals surface area contributed by atoms with E-state index in [9.17, 15) is 27.2 Å². The third kappa shape index (κ3) is 6.38. The number of alkyl halides is 3. The molecule has 0 unspecified atom stereocenters. The highest BCUT2D eigenvalue weighted by Crippen LogP contribution is 2.17. The number of carbonyl (C=O) groups excluding carboxylic acids is 2. The number of ether oxygens (including phenoxy) is 1. The topological polar surface area (TPSA) is 80.3 Å². The molecule has 0 aliphatic rings. The maximum Gasteiger partial charge on any atom is 0.422 e. The predicted octanol–water partition coefficient (Wildman–Crippen LogP) is 2.17. The molecule has 1 aromatic heterocycles. The van der Waals surface area contributed by atoms with Crippen molar-refractivity contribution < 1.29 is 31.9 Å². The van der Waals surface area contributed by atoms with Crippen LogP contribution in [0.4, 0.5) is 17.6 Å². The molecule has 0 saturated carbocycles. The van der Waals surface area contributed by atoms with Gasteiger partial charge in [0.1, 0.15) is 5.82 Å². The zero-order chi connectivity index (χ0) is 19.2. The quantitative estimate of drug-likeness (QED) is 0.624. The third-order valence-electron chi connectivity index (χ3n) is 2.98. The van der Waals surface area contributed by atoms with Gasteiger partial charge in [-0.15, -0.1) is 0 Å². The highest BCUT2D eigenvalue weighted by Gasteiger charge is 2.28. The molecule has 6 nitrogen and oxygen atoms in total. The van der Waals surface area contributed by atoms with Crippen molar-refractivity contribution >= 4 is 11.8 Å². The molecule has 1 heterocycles. The number of carbonyl (C=O) groups is 2. The van der Waals surface area contributed by atoms with Crippen LogP contribution in [0.5, 0.6) is 5.88 Å². The molecule has 10 heteroatoms. The number of halogens is 4. The van der Waals surface area contributed by atoms with Crippen LogP contribution in [0.2, 0.25) is 0 Å². The highest BCUT2D eigenvalue weighted by molar-refractivity contribution is 5.95. The van der Waals surface area contributed by atoms with Gasteiger partial charge in [0.25, 0.3) is 5.91 Å². The van der Waals surface area contributed by atoms with Gasteiger partial charge in [-0.05, 0) is 23.8 Å². The van der Waals surface area contributed by atoms with Crippen LogP contribution in [-0.2, 0) is 11.2 Å². The average Bonchev–Trinajstić information content (AvgIpc) is 2.60. The Morgan fingerprint density at radius 1 is 1.04 bits per heavy atom. The van der Waals surface area contributed by atoms with E-state index in [2.05, 4.69) is 20.6 Å². The number of hydrazine groups is 1. The van der Waals surface area contributed by atoms with Crippen LogP contribution in [0.15, 0.2) is 42.6 Å². The monoisotopic (exact) mass is 371 g/mol. The second-order valence-electron chi connectivity index (χ2n) is 5.09. The zero-order valence-electron chi connectivity index (χ0n) is 13.1. The van der Waals surface area contributed by atoms with Crippen molar-refractivity contribution in [3.8, 4) is 5.88 Å². The minimum atomic E-state index is -4.49. The summed E-state index contributed by atoms with van der Waals surface area (Å²) in [4.78, 5) is 27.1. The van der Waals surface area contributed by atoms with Crippen molar-refractivity contribution in [3.63, 3.8) is 0 Å². The molecule has 0 atom stereocenters. The van der Waals surface area contributed by atoms with Crippen molar-refractivity contribution in [2.24, 2.45) is 0 Å². The molecular weight excluding hydrogens is 358 g/mol. The standard InChI is InChI=1S/C16H13F4N3O3/c17-12-4-1-10(2-5-12)7-13(24)22-23-15(25)11-3-6-14(21-8-11)26-9-16(18,19)20/h1-6,8H,7,9H2,(H,22,24)(H,23,25). The third-order valence-corrected chi connectivity index (χ3v) is 2.98. The van der Waals surface area contributed by atoms with E-state index in [0.29, 0.717) is 5.56 Å². The number of hydrogen-bond acceptors (Lipinski definition) is 4. The lowest BCUT2D eigenvalue weighted by atomic mass is 10.1. The van der Waals surface area contributed by atoms with E-state index in [-0.39, 0.29) is 17.9 Å². The summed E-state index contributed by atoms with van der Waals surface area (Å²) in [6, 6.07) is 7.56. The summed E-state index contributed by atoms with van der Waals surface area (Å²) in [6.45, 7) is -1.50. The molecule has 0 spiro atoms. The molecule has 0 aliphatic carbocycles. The Morgan fingerprint density at radius 2 is 1.73 bits per heavy atom. The molecule has 0 aliphatic heterocycles. The van der Waals surface area contributed by atoms with Gasteiger partial charge in [-0.1, -0.05) is 12.1 Å². The van der Waals surface area contributed by atoms with E-state index in [4.69, 9.17) is 0 Å². The molecule has 26 heavy (non-hydrogen) atoms. The fourth-order valence-corrected chi connectivity index (χ4v) is 1.79.